The van der Waals surface area contributed by atoms with E-state index in [0.29, 0.717) is 22.3 Å². The van der Waals surface area contributed by atoms with Gasteiger partial charge < -0.3 is 20.5 Å². The summed E-state index contributed by atoms with van der Waals surface area (Å²) in [6, 6.07) is 16.3. The van der Waals surface area contributed by atoms with Gasteiger partial charge in [-0.05, 0) is 116 Å². The van der Waals surface area contributed by atoms with Crippen LogP contribution < -0.4 is 15.4 Å². The Morgan fingerprint density at radius 3 is 1.93 bits per heavy atom. The third-order valence-corrected chi connectivity index (χ3v) is 7.72. The number of carboxylic acid groups (broad SMARTS) is 1. The van der Waals surface area contributed by atoms with Crippen molar-refractivity contribution in [3.63, 3.8) is 0 Å². The van der Waals surface area contributed by atoms with Crippen molar-refractivity contribution >= 4 is 23.5 Å². The third-order valence-electron chi connectivity index (χ3n) is 7.72. The number of amides is 2. The Hall–Kier alpha value is -5.12. The monoisotopic (exact) mass is 618 g/mol. The molecule has 0 saturated heterocycles. The van der Waals surface area contributed by atoms with E-state index in [1.165, 1.54) is 43.4 Å². The molecular formula is C35H33F3N2O5. The van der Waals surface area contributed by atoms with Gasteiger partial charge in [-0.25, -0.2) is 4.79 Å². The second kappa shape index (κ2) is 12.9. The van der Waals surface area contributed by atoms with Gasteiger partial charge in [0.05, 0.1) is 11.1 Å². The maximum Gasteiger partial charge on any atom is 0.399 e. The average molecular weight is 619 g/mol. The molecule has 0 radical (unpaired) electrons. The number of carboxylic acids is 1. The Morgan fingerprint density at radius 1 is 0.711 bits per heavy atom. The first kappa shape index (κ1) is 32.8. The molecule has 0 aliphatic heterocycles. The number of ether oxygens (including phenoxy) is 1. The number of aryl methyl sites for hydroxylation is 5. The fraction of sp³-hybridized carbons (Fsp3) is 0.229. The maximum absolute atomic E-state index is 14.6. The molecule has 4 aromatic rings. The van der Waals surface area contributed by atoms with E-state index in [1.807, 2.05) is 6.92 Å². The van der Waals surface area contributed by atoms with Crippen LogP contribution in [0.4, 0.5) is 18.9 Å². The van der Waals surface area contributed by atoms with Crippen molar-refractivity contribution < 1.29 is 37.4 Å². The van der Waals surface area contributed by atoms with Crippen LogP contribution in [0.3, 0.4) is 0 Å². The van der Waals surface area contributed by atoms with Gasteiger partial charge >= 0.3 is 12.1 Å². The van der Waals surface area contributed by atoms with Gasteiger partial charge in [-0.2, -0.15) is 13.2 Å². The summed E-state index contributed by atoms with van der Waals surface area (Å²) >= 11 is 0. The molecule has 0 fully saturated rings. The van der Waals surface area contributed by atoms with Crippen LogP contribution in [0.1, 0.15) is 75.9 Å². The first-order valence-electron chi connectivity index (χ1n) is 14.0. The number of hydrogen-bond donors (Lipinski definition) is 3. The van der Waals surface area contributed by atoms with Gasteiger partial charge in [0.25, 0.3) is 11.8 Å². The highest BCUT2D eigenvalue weighted by Gasteiger charge is 2.43. The molecule has 2 amide bonds. The number of alkyl halides is 3. The molecule has 0 aliphatic carbocycles. The van der Waals surface area contributed by atoms with Crippen LogP contribution in [-0.2, 0) is 0 Å². The highest BCUT2D eigenvalue weighted by Crippen LogP contribution is 2.44. The van der Waals surface area contributed by atoms with E-state index in [4.69, 9.17) is 4.74 Å². The smallest absolute Gasteiger partial charge is 0.399 e. The van der Waals surface area contributed by atoms with E-state index in [0.717, 1.165) is 11.1 Å². The number of hydrogen-bond acceptors (Lipinski definition) is 4. The van der Waals surface area contributed by atoms with Crippen molar-refractivity contribution in [3.05, 3.63) is 122 Å². The van der Waals surface area contributed by atoms with Crippen LogP contribution in [0.25, 0.3) is 0 Å². The van der Waals surface area contributed by atoms with Gasteiger partial charge in [0, 0.05) is 18.3 Å². The molecule has 4 rings (SSSR count). The lowest BCUT2D eigenvalue weighted by Crippen LogP contribution is -2.24. The minimum atomic E-state index is -4.58. The van der Waals surface area contributed by atoms with E-state index in [2.05, 4.69) is 10.6 Å². The van der Waals surface area contributed by atoms with Gasteiger partial charge in [-0.1, -0.05) is 24.3 Å². The fourth-order valence-electron chi connectivity index (χ4n) is 5.23. The minimum absolute atomic E-state index is 0.0601. The van der Waals surface area contributed by atoms with Crippen LogP contribution >= 0.6 is 0 Å². The SMILES string of the molecule is CNC(=O)c1cccc(Oc2ccc(C(=O)O)c(C(=O)Nc3cc(C)c(C(c4cc(C)c(C)cc4C)C(F)(F)F)cc3C)c2)c1. The number of aromatic carboxylic acids is 1. The molecule has 0 aromatic heterocycles. The first-order chi connectivity index (χ1) is 21.1. The topological polar surface area (TPSA) is 105 Å². The Morgan fingerprint density at radius 2 is 1.31 bits per heavy atom. The summed E-state index contributed by atoms with van der Waals surface area (Å²) < 4.78 is 49.6. The summed E-state index contributed by atoms with van der Waals surface area (Å²) in [5.41, 5.74) is 3.13. The molecule has 7 nitrogen and oxygen atoms in total. The maximum atomic E-state index is 14.6. The van der Waals surface area contributed by atoms with E-state index >= 15 is 0 Å². The number of anilines is 1. The number of carbonyl (C=O) groups excluding carboxylic acids is 2. The predicted octanol–water partition coefficient (Wildman–Crippen LogP) is 8.03. The molecule has 4 aromatic carbocycles. The van der Waals surface area contributed by atoms with Crippen molar-refractivity contribution in [2.75, 3.05) is 12.4 Å². The summed E-state index contributed by atoms with van der Waals surface area (Å²) in [5.74, 6) is -3.93. The van der Waals surface area contributed by atoms with Gasteiger partial charge in [0.1, 0.15) is 17.4 Å². The van der Waals surface area contributed by atoms with Crippen LogP contribution in [0.5, 0.6) is 11.5 Å². The van der Waals surface area contributed by atoms with Gasteiger partial charge in [-0.15, -0.1) is 0 Å². The number of halogens is 3. The summed E-state index contributed by atoms with van der Waals surface area (Å²) in [6.45, 7) is 8.41. The van der Waals surface area contributed by atoms with Crippen molar-refractivity contribution in [2.45, 2.75) is 46.7 Å². The quantitative estimate of drug-likeness (QED) is 0.186. The molecule has 45 heavy (non-hydrogen) atoms. The van der Waals surface area contributed by atoms with Crippen LogP contribution in [0.15, 0.2) is 66.7 Å². The normalized spacial score (nSPS) is 11.9. The molecule has 3 N–H and O–H groups in total. The molecule has 0 aliphatic rings. The molecule has 1 atom stereocenters. The zero-order valence-corrected chi connectivity index (χ0v) is 25.6. The molecule has 0 spiro atoms. The zero-order valence-electron chi connectivity index (χ0n) is 25.6. The second-order valence-electron chi connectivity index (χ2n) is 11.0. The van der Waals surface area contributed by atoms with Crippen molar-refractivity contribution in [3.8, 4) is 11.5 Å². The Kier molecular flexibility index (Phi) is 9.37. The lowest BCUT2D eigenvalue weighted by Gasteiger charge is -2.26. The van der Waals surface area contributed by atoms with Gasteiger partial charge in [0.2, 0.25) is 0 Å². The molecule has 234 valence electrons. The van der Waals surface area contributed by atoms with Crippen LogP contribution in [0.2, 0.25) is 0 Å². The predicted molar refractivity (Wildman–Crippen MR) is 166 cm³/mol. The summed E-state index contributed by atoms with van der Waals surface area (Å²) in [7, 11) is 1.49. The summed E-state index contributed by atoms with van der Waals surface area (Å²) in [4.78, 5) is 37.4. The molecule has 10 heteroatoms. The Labute approximate surface area is 259 Å². The van der Waals surface area contributed by atoms with Crippen molar-refractivity contribution in [1.82, 2.24) is 5.32 Å². The molecule has 0 heterocycles. The Bertz CT molecular complexity index is 1810. The van der Waals surface area contributed by atoms with E-state index in [1.54, 1.807) is 58.0 Å². The lowest BCUT2D eigenvalue weighted by molar-refractivity contribution is -0.141. The van der Waals surface area contributed by atoms with Gasteiger partial charge in [0.15, 0.2) is 0 Å². The van der Waals surface area contributed by atoms with E-state index in [-0.39, 0.29) is 45.3 Å². The lowest BCUT2D eigenvalue weighted by atomic mass is 9.83. The van der Waals surface area contributed by atoms with Crippen LogP contribution in [-0.4, -0.2) is 36.1 Å². The third kappa shape index (κ3) is 7.17. The molecule has 0 saturated carbocycles. The standard InChI is InChI=1S/C35H33F3N2O5/c1-18-12-20(3)27(13-19(18)2)31(35(36,37)38)28-14-22(5)30(15-21(28)4)40-33(42)29-17-25(10-11-26(29)34(43)44)45-24-9-7-8-23(16-24)32(41)39-6/h7-17,31H,1-6H3,(H,39,41)(H,40,42)(H,43,44). The first-order valence-corrected chi connectivity index (χ1v) is 14.0. The van der Waals surface area contributed by atoms with Gasteiger partial charge in [-0.3, -0.25) is 9.59 Å². The zero-order chi connectivity index (χ0) is 33.2. The minimum Gasteiger partial charge on any atom is -0.478 e. The largest absolute Gasteiger partial charge is 0.478 e. The fourth-order valence-corrected chi connectivity index (χ4v) is 5.23. The van der Waals surface area contributed by atoms with Crippen molar-refractivity contribution in [1.29, 1.82) is 0 Å². The number of carbonyl (C=O) groups is 3. The van der Waals surface area contributed by atoms with Crippen molar-refractivity contribution in [2.24, 2.45) is 0 Å². The number of rotatable bonds is 8. The summed E-state index contributed by atoms with van der Waals surface area (Å²) in [6.07, 6.45) is -4.58. The summed E-state index contributed by atoms with van der Waals surface area (Å²) in [5, 5.41) is 14.9. The number of nitrogens with one attached hydrogen (secondary N) is 2. The highest BCUT2D eigenvalue weighted by molar-refractivity contribution is 6.11. The highest BCUT2D eigenvalue weighted by atomic mass is 19.4. The molecular weight excluding hydrogens is 585 g/mol. The number of benzene rings is 4. The molecule has 0 bridgehead atoms. The van der Waals surface area contributed by atoms with E-state index in [9.17, 15) is 32.7 Å². The average Bonchev–Trinajstić information content (AvgIpc) is 2.97. The van der Waals surface area contributed by atoms with E-state index < -0.39 is 24.0 Å². The van der Waals surface area contributed by atoms with Crippen LogP contribution in [0, 0.1) is 34.6 Å². The Balaban J connectivity index is 1.69. The second-order valence-corrected chi connectivity index (χ2v) is 11.0. The molecule has 1 unspecified atom stereocenters.